The molecule has 1 saturated carbocycles. The molecule has 2 aliphatic rings. The number of hydrogen-bond donors (Lipinski definition) is 1. The third-order valence-corrected chi connectivity index (χ3v) is 6.22. The second-order valence-electron chi connectivity index (χ2n) is 8.22. The second-order valence-corrected chi connectivity index (χ2v) is 8.22. The average molecular weight is 399 g/mol. The van der Waals surface area contributed by atoms with E-state index in [1.165, 1.54) is 0 Å². The maximum Gasteiger partial charge on any atom is 0.223 e. The molecule has 1 aromatic carbocycles. The lowest BCUT2D eigenvalue weighted by Gasteiger charge is -2.38. The highest BCUT2D eigenvalue weighted by molar-refractivity contribution is 5.79. The van der Waals surface area contributed by atoms with E-state index in [0.717, 1.165) is 50.4 Å². The Labute approximate surface area is 170 Å². The number of hydrogen-bond acceptors (Lipinski definition) is 3. The molecule has 4 nitrogen and oxygen atoms in total. The topological polar surface area (TPSA) is 45.2 Å². The van der Waals surface area contributed by atoms with Crippen LogP contribution in [0.4, 0.5) is 8.78 Å². The molecule has 1 aliphatic carbocycles. The highest BCUT2D eigenvalue weighted by Gasteiger charge is 2.33. The summed E-state index contributed by atoms with van der Waals surface area (Å²) in [5, 5.41) is 3.25. The van der Waals surface area contributed by atoms with E-state index in [1.807, 2.05) is 18.2 Å². The first-order valence-corrected chi connectivity index (χ1v) is 10.5. The van der Waals surface area contributed by atoms with Crippen LogP contribution in [0.1, 0.15) is 49.4 Å². The number of nitrogens with zero attached hydrogens (tertiary/aromatic N) is 2. The van der Waals surface area contributed by atoms with Gasteiger partial charge in [0.25, 0.3) is 0 Å². The lowest BCUT2D eigenvalue weighted by Crippen LogP contribution is -2.45. The minimum Gasteiger partial charge on any atom is -0.347 e. The van der Waals surface area contributed by atoms with Crippen molar-refractivity contribution in [3.8, 4) is 0 Å². The van der Waals surface area contributed by atoms with E-state index in [4.69, 9.17) is 0 Å². The van der Waals surface area contributed by atoms with Crippen LogP contribution >= 0.6 is 0 Å². The largest absolute Gasteiger partial charge is 0.347 e. The van der Waals surface area contributed by atoms with Crippen molar-refractivity contribution in [2.24, 2.45) is 11.8 Å². The number of benzene rings is 1. The molecule has 1 saturated heterocycles. The summed E-state index contributed by atoms with van der Waals surface area (Å²) in [5.74, 6) is -1.17. The van der Waals surface area contributed by atoms with Crippen molar-refractivity contribution in [2.45, 2.75) is 44.7 Å². The zero-order valence-corrected chi connectivity index (χ0v) is 16.5. The summed E-state index contributed by atoms with van der Waals surface area (Å²) >= 11 is 0. The molecule has 2 fully saturated rings. The van der Waals surface area contributed by atoms with Crippen LogP contribution < -0.4 is 5.32 Å². The van der Waals surface area contributed by atoms with Crippen molar-refractivity contribution in [3.05, 3.63) is 65.5 Å². The molecule has 2 heterocycles. The van der Waals surface area contributed by atoms with Crippen LogP contribution in [0.15, 0.2) is 42.6 Å². The number of rotatable bonds is 6. The van der Waals surface area contributed by atoms with Gasteiger partial charge >= 0.3 is 0 Å². The molecule has 0 radical (unpaired) electrons. The number of nitrogens with one attached hydrogen (secondary N) is 1. The summed E-state index contributed by atoms with van der Waals surface area (Å²) in [5.41, 5.74) is 1.24. The van der Waals surface area contributed by atoms with Crippen LogP contribution in [0.25, 0.3) is 0 Å². The highest BCUT2D eigenvalue weighted by Crippen LogP contribution is 2.32. The Morgan fingerprint density at radius 2 is 2.00 bits per heavy atom. The van der Waals surface area contributed by atoms with Crippen molar-refractivity contribution in [3.63, 3.8) is 0 Å². The van der Waals surface area contributed by atoms with E-state index in [1.54, 1.807) is 18.3 Å². The Bertz CT molecular complexity index is 841. The van der Waals surface area contributed by atoms with E-state index in [9.17, 15) is 13.6 Å². The zero-order valence-electron chi connectivity index (χ0n) is 16.5. The number of piperidine rings is 1. The van der Waals surface area contributed by atoms with Crippen LogP contribution in [0.2, 0.25) is 0 Å². The van der Waals surface area contributed by atoms with Crippen molar-refractivity contribution in [1.29, 1.82) is 0 Å². The summed E-state index contributed by atoms with van der Waals surface area (Å²) in [7, 11) is 0. The van der Waals surface area contributed by atoms with Gasteiger partial charge in [-0.25, -0.2) is 8.78 Å². The van der Waals surface area contributed by atoms with Gasteiger partial charge in [0.15, 0.2) is 11.6 Å². The smallest absolute Gasteiger partial charge is 0.223 e. The first-order chi connectivity index (χ1) is 14.1. The normalized spacial score (nSPS) is 21.4. The van der Waals surface area contributed by atoms with Gasteiger partial charge < -0.3 is 5.32 Å². The average Bonchev–Trinajstić information content (AvgIpc) is 2.69. The summed E-state index contributed by atoms with van der Waals surface area (Å²) in [6.07, 6.45) is 6.69. The fraction of sp³-hybridized carbons (Fsp3) is 0.478. The lowest BCUT2D eigenvalue weighted by atomic mass is 9.83. The van der Waals surface area contributed by atoms with Crippen molar-refractivity contribution in [1.82, 2.24) is 15.2 Å². The molecular weight excluding hydrogens is 372 g/mol. The van der Waals surface area contributed by atoms with Crippen molar-refractivity contribution >= 4 is 5.91 Å². The molecular formula is C23H27F2N3O. The Morgan fingerprint density at radius 3 is 2.72 bits per heavy atom. The summed E-state index contributed by atoms with van der Waals surface area (Å²) in [6.45, 7) is 1.91. The first kappa shape index (κ1) is 20.0. The third kappa shape index (κ3) is 4.64. The van der Waals surface area contributed by atoms with Crippen LogP contribution in [0, 0.1) is 23.5 Å². The Hall–Kier alpha value is -2.34. The van der Waals surface area contributed by atoms with E-state index in [-0.39, 0.29) is 23.8 Å². The van der Waals surface area contributed by atoms with Crippen molar-refractivity contribution < 1.29 is 13.6 Å². The van der Waals surface area contributed by atoms with Gasteiger partial charge in [0.05, 0.1) is 11.7 Å². The molecule has 2 aromatic rings. The lowest BCUT2D eigenvalue weighted by molar-refractivity contribution is -0.128. The van der Waals surface area contributed by atoms with Gasteiger partial charge in [-0.2, -0.15) is 0 Å². The SMILES string of the molecule is O=C(N[C@@H](c1ccccn1)[C@H]1CCCN(Cc2cccc(F)c2F)C1)C1CCC1. The van der Waals surface area contributed by atoms with Gasteiger partial charge in [0.1, 0.15) is 0 Å². The maximum atomic E-state index is 14.1. The number of carbonyl (C=O) groups is 1. The van der Waals surface area contributed by atoms with E-state index < -0.39 is 11.6 Å². The van der Waals surface area contributed by atoms with Gasteiger partial charge in [-0.1, -0.05) is 24.6 Å². The minimum absolute atomic E-state index is 0.111. The number of amides is 1. The van der Waals surface area contributed by atoms with Gasteiger partial charge in [-0.3, -0.25) is 14.7 Å². The summed E-state index contributed by atoms with van der Waals surface area (Å²) in [4.78, 5) is 19.3. The van der Waals surface area contributed by atoms with Gasteiger partial charge in [0.2, 0.25) is 5.91 Å². The van der Waals surface area contributed by atoms with Gasteiger partial charge in [0, 0.05) is 30.8 Å². The molecule has 4 rings (SSSR count). The zero-order chi connectivity index (χ0) is 20.2. The molecule has 6 heteroatoms. The van der Waals surface area contributed by atoms with Gasteiger partial charge in [-0.15, -0.1) is 0 Å². The van der Waals surface area contributed by atoms with E-state index >= 15 is 0 Å². The molecule has 0 spiro atoms. The van der Waals surface area contributed by atoms with Crippen molar-refractivity contribution in [2.75, 3.05) is 13.1 Å². The third-order valence-electron chi connectivity index (χ3n) is 6.22. The van der Waals surface area contributed by atoms with Crippen LogP contribution in [0.5, 0.6) is 0 Å². The molecule has 1 amide bonds. The fourth-order valence-corrected chi connectivity index (χ4v) is 4.35. The van der Waals surface area contributed by atoms with Crippen LogP contribution in [-0.2, 0) is 11.3 Å². The number of likely N-dealkylation sites (tertiary alicyclic amines) is 1. The Balaban J connectivity index is 1.49. The fourth-order valence-electron chi connectivity index (χ4n) is 4.35. The number of carbonyl (C=O) groups excluding carboxylic acids is 1. The first-order valence-electron chi connectivity index (χ1n) is 10.5. The Morgan fingerprint density at radius 1 is 1.14 bits per heavy atom. The van der Waals surface area contributed by atoms with Gasteiger partial charge in [-0.05, 0) is 56.3 Å². The number of halogens is 2. The quantitative estimate of drug-likeness (QED) is 0.791. The molecule has 0 unspecified atom stereocenters. The standard InChI is InChI=1S/C23H27F2N3O/c24-19-10-4-8-17(21(19)25)14-28-13-5-9-18(15-28)22(20-11-1-2-12-26-20)27-23(29)16-6-3-7-16/h1-2,4,8,10-12,16,18,22H,3,5-7,9,13-15H2,(H,27,29)/t18-,22+/m0/s1. The molecule has 2 atom stereocenters. The second kappa shape index (κ2) is 8.99. The summed E-state index contributed by atoms with van der Waals surface area (Å²) in [6, 6.07) is 9.93. The molecule has 1 aliphatic heterocycles. The molecule has 154 valence electrons. The molecule has 1 N–H and O–H groups in total. The van der Waals surface area contributed by atoms with Crippen LogP contribution in [0.3, 0.4) is 0 Å². The predicted octanol–water partition coefficient (Wildman–Crippen LogP) is 4.23. The molecule has 1 aromatic heterocycles. The minimum atomic E-state index is -0.810. The molecule has 29 heavy (non-hydrogen) atoms. The monoisotopic (exact) mass is 399 g/mol. The number of aromatic nitrogens is 1. The van der Waals surface area contributed by atoms with E-state index in [0.29, 0.717) is 18.7 Å². The Kier molecular flexibility index (Phi) is 6.19. The van der Waals surface area contributed by atoms with Crippen LogP contribution in [-0.4, -0.2) is 28.9 Å². The maximum absolute atomic E-state index is 14.1. The highest BCUT2D eigenvalue weighted by atomic mass is 19.2. The summed E-state index contributed by atoms with van der Waals surface area (Å²) < 4.78 is 27.7. The van der Waals surface area contributed by atoms with E-state index in [2.05, 4.69) is 15.2 Å². The molecule has 0 bridgehead atoms. The predicted molar refractivity (Wildman–Crippen MR) is 107 cm³/mol. The number of pyridine rings is 1.